The Bertz CT molecular complexity index is 1280. The molecule has 0 saturated carbocycles. The molecule has 0 spiro atoms. The zero-order chi connectivity index (χ0) is 22.6. The van der Waals surface area contributed by atoms with Crippen molar-refractivity contribution in [3.63, 3.8) is 0 Å². The molecule has 2 aromatic heterocycles. The highest BCUT2D eigenvalue weighted by atomic mass is 16.2. The summed E-state index contributed by atoms with van der Waals surface area (Å²) >= 11 is 0. The fourth-order valence-corrected chi connectivity index (χ4v) is 4.03. The van der Waals surface area contributed by atoms with Crippen LogP contribution in [0.25, 0.3) is 11.3 Å². The van der Waals surface area contributed by atoms with Crippen molar-refractivity contribution in [2.75, 3.05) is 16.8 Å². The van der Waals surface area contributed by atoms with Crippen LogP contribution in [0, 0.1) is 0 Å². The molecule has 7 nitrogen and oxygen atoms in total. The number of amides is 2. The number of hydrogen-bond acceptors (Lipinski definition) is 4. The Morgan fingerprint density at radius 1 is 1.03 bits per heavy atom. The average molecular weight is 438 g/mol. The lowest BCUT2D eigenvalue weighted by Crippen LogP contribution is -2.23. The van der Waals surface area contributed by atoms with E-state index in [1.54, 1.807) is 28.2 Å². The van der Waals surface area contributed by atoms with Crippen molar-refractivity contribution in [1.29, 1.82) is 0 Å². The lowest BCUT2D eigenvalue weighted by Gasteiger charge is -2.16. The Labute approximate surface area is 191 Å². The first kappa shape index (κ1) is 20.6. The van der Waals surface area contributed by atoms with Gasteiger partial charge in [0.1, 0.15) is 5.69 Å². The molecule has 2 aromatic carbocycles. The van der Waals surface area contributed by atoms with E-state index in [-0.39, 0.29) is 11.8 Å². The van der Waals surface area contributed by atoms with E-state index in [0.717, 1.165) is 23.2 Å². The molecule has 0 bridgehead atoms. The molecule has 2 amide bonds. The summed E-state index contributed by atoms with van der Waals surface area (Å²) in [5.74, 6) is -0.155. The Balaban J connectivity index is 1.44. The van der Waals surface area contributed by atoms with Gasteiger partial charge in [-0.3, -0.25) is 19.3 Å². The fourth-order valence-electron chi connectivity index (χ4n) is 4.03. The van der Waals surface area contributed by atoms with Gasteiger partial charge in [0.05, 0.1) is 12.1 Å². The predicted octanol–water partition coefficient (Wildman–Crippen LogP) is 4.37. The smallest absolute Gasteiger partial charge is 0.259 e. The van der Waals surface area contributed by atoms with Gasteiger partial charge in [0.15, 0.2) is 0 Å². The van der Waals surface area contributed by atoms with Gasteiger partial charge in [0.25, 0.3) is 5.91 Å². The first-order valence-corrected chi connectivity index (χ1v) is 10.9. The normalized spacial score (nSPS) is 13.3. The quantitative estimate of drug-likeness (QED) is 0.486. The van der Waals surface area contributed by atoms with Crippen molar-refractivity contribution in [3.8, 4) is 11.3 Å². The summed E-state index contributed by atoms with van der Waals surface area (Å²) in [5, 5.41) is 7.67. The number of benzene rings is 2. The van der Waals surface area contributed by atoms with E-state index in [0.29, 0.717) is 36.5 Å². The minimum absolute atomic E-state index is 0.111. The van der Waals surface area contributed by atoms with Crippen molar-refractivity contribution >= 4 is 23.2 Å². The molecular weight excluding hydrogens is 414 g/mol. The Morgan fingerprint density at radius 2 is 1.91 bits per heavy atom. The number of anilines is 2. The van der Waals surface area contributed by atoms with Crippen molar-refractivity contribution < 1.29 is 9.59 Å². The van der Waals surface area contributed by atoms with Gasteiger partial charge < -0.3 is 10.2 Å². The van der Waals surface area contributed by atoms with Crippen LogP contribution in [0.4, 0.5) is 11.4 Å². The SMILES string of the molecule is O=C(Nc1cccc(N2CCCC2=O)c1)c1cn(Cc2ccccc2)nc1-c1cccnc1. The molecule has 5 rings (SSSR count). The topological polar surface area (TPSA) is 80.1 Å². The Kier molecular flexibility index (Phi) is 5.68. The van der Waals surface area contributed by atoms with Crippen molar-refractivity contribution in [3.05, 3.63) is 96.4 Å². The molecule has 33 heavy (non-hydrogen) atoms. The van der Waals surface area contributed by atoms with E-state index in [2.05, 4.69) is 10.3 Å². The molecule has 1 N–H and O–H groups in total. The van der Waals surface area contributed by atoms with Crippen molar-refractivity contribution in [2.24, 2.45) is 0 Å². The third-order valence-electron chi connectivity index (χ3n) is 5.62. The molecule has 1 saturated heterocycles. The number of carbonyl (C=O) groups is 2. The fraction of sp³-hybridized carbons (Fsp3) is 0.154. The minimum atomic E-state index is -0.266. The zero-order valence-electron chi connectivity index (χ0n) is 18.0. The second kappa shape index (κ2) is 9.08. The van der Waals surface area contributed by atoms with Crippen LogP contribution in [-0.4, -0.2) is 33.1 Å². The summed E-state index contributed by atoms with van der Waals surface area (Å²) in [5.41, 5.74) is 4.32. The van der Waals surface area contributed by atoms with Gasteiger partial charge in [-0.1, -0.05) is 36.4 Å². The largest absolute Gasteiger partial charge is 0.322 e. The average Bonchev–Trinajstić information content (AvgIpc) is 3.47. The number of nitrogens with zero attached hydrogens (tertiary/aromatic N) is 4. The molecule has 1 aliphatic rings. The van der Waals surface area contributed by atoms with Gasteiger partial charge in [-0.25, -0.2) is 0 Å². The predicted molar refractivity (Wildman–Crippen MR) is 127 cm³/mol. The van der Waals surface area contributed by atoms with Gasteiger partial charge in [-0.2, -0.15) is 5.10 Å². The van der Waals surface area contributed by atoms with Crippen LogP contribution >= 0.6 is 0 Å². The van der Waals surface area contributed by atoms with Gasteiger partial charge in [0.2, 0.25) is 5.91 Å². The summed E-state index contributed by atoms with van der Waals surface area (Å²) in [7, 11) is 0. The van der Waals surface area contributed by atoms with Gasteiger partial charge >= 0.3 is 0 Å². The van der Waals surface area contributed by atoms with E-state index in [9.17, 15) is 9.59 Å². The van der Waals surface area contributed by atoms with E-state index in [4.69, 9.17) is 5.10 Å². The molecule has 0 aliphatic carbocycles. The molecule has 0 atom stereocenters. The maximum absolute atomic E-state index is 13.3. The molecule has 0 radical (unpaired) electrons. The Morgan fingerprint density at radius 3 is 2.67 bits per heavy atom. The van der Waals surface area contributed by atoms with E-state index < -0.39 is 0 Å². The minimum Gasteiger partial charge on any atom is -0.322 e. The summed E-state index contributed by atoms with van der Waals surface area (Å²) in [4.78, 5) is 31.4. The van der Waals surface area contributed by atoms with Gasteiger partial charge in [0, 0.05) is 48.5 Å². The highest BCUT2D eigenvalue weighted by Gasteiger charge is 2.23. The second-order valence-electron chi connectivity index (χ2n) is 7.97. The first-order chi connectivity index (χ1) is 16.2. The molecule has 0 unspecified atom stereocenters. The van der Waals surface area contributed by atoms with Crippen molar-refractivity contribution in [2.45, 2.75) is 19.4 Å². The lowest BCUT2D eigenvalue weighted by molar-refractivity contribution is -0.117. The number of rotatable bonds is 6. The van der Waals surface area contributed by atoms with Crippen LogP contribution in [-0.2, 0) is 11.3 Å². The van der Waals surface area contributed by atoms with Gasteiger partial charge in [-0.15, -0.1) is 0 Å². The molecule has 164 valence electrons. The molecular formula is C26H23N5O2. The van der Waals surface area contributed by atoms with Crippen LogP contribution in [0.2, 0.25) is 0 Å². The molecule has 4 aromatic rings. The monoisotopic (exact) mass is 437 g/mol. The number of carbonyl (C=O) groups excluding carboxylic acids is 2. The number of hydrogen-bond donors (Lipinski definition) is 1. The highest BCUT2D eigenvalue weighted by molar-refractivity contribution is 6.08. The van der Waals surface area contributed by atoms with Crippen molar-refractivity contribution in [1.82, 2.24) is 14.8 Å². The summed E-state index contributed by atoms with van der Waals surface area (Å²) in [6.45, 7) is 1.25. The van der Waals surface area contributed by atoms with E-state index in [1.807, 2.05) is 66.7 Å². The maximum atomic E-state index is 13.3. The zero-order valence-corrected chi connectivity index (χ0v) is 18.0. The third-order valence-corrected chi connectivity index (χ3v) is 5.62. The Hall–Kier alpha value is -4.26. The summed E-state index contributed by atoms with van der Waals surface area (Å²) in [6.07, 6.45) is 6.57. The summed E-state index contributed by atoms with van der Waals surface area (Å²) < 4.78 is 1.77. The van der Waals surface area contributed by atoms with Gasteiger partial charge in [-0.05, 0) is 42.3 Å². The van der Waals surface area contributed by atoms with E-state index >= 15 is 0 Å². The number of aromatic nitrogens is 3. The first-order valence-electron chi connectivity index (χ1n) is 10.9. The molecule has 3 heterocycles. The number of nitrogens with one attached hydrogen (secondary N) is 1. The van der Waals surface area contributed by atoms with Crippen LogP contribution in [0.1, 0.15) is 28.8 Å². The number of pyridine rings is 1. The van der Waals surface area contributed by atoms with Crippen LogP contribution < -0.4 is 10.2 Å². The summed E-state index contributed by atoms with van der Waals surface area (Å²) in [6, 6.07) is 21.1. The standard InChI is InChI=1S/C26H23N5O2/c32-24-12-6-14-31(24)22-11-4-10-21(15-22)28-26(33)23-18-30(17-19-7-2-1-3-8-19)29-25(23)20-9-5-13-27-16-20/h1-5,7-11,13,15-16,18H,6,12,14,17H2,(H,28,33). The molecule has 1 fully saturated rings. The highest BCUT2D eigenvalue weighted by Crippen LogP contribution is 2.26. The van der Waals surface area contributed by atoms with Crippen LogP contribution in [0.5, 0.6) is 0 Å². The lowest BCUT2D eigenvalue weighted by atomic mass is 10.1. The van der Waals surface area contributed by atoms with Crippen LogP contribution in [0.15, 0.2) is 85.3 Å². The molecule has 1 aliphatic heterocycles. The molecule has 7 heteroatoms. The van der Waals surface area contributed by atoms with Crippen LogP contribution in [0.3, 0.4) is 0 Å². The maximum Gasteiger partial charge on any atom is 0.259 e. The third kappa shape index (κ3) is 4.52. The second-order valence-corrected chi connectivity index (χ2v) is 7.97. The van der Waals surface area contributed by atoms with E-state index in [1.165, 1.54) is 0 Å².